The maximum absolute atomic E-state index is 11.2. The predicted octanol–water partition coefficient (Wildman–Crippen LogP) is 2.98. The van der Waals surface area contributed by atoms with Crippen LogP contribution in [-0.4, -0.2) is 17.6 Å². The van der Waals surface area contributed by atoms with Gasteiger partial charge in [0.15, 0.2) is 0 Å². The number of hydrogen-bond donors (Lipinski definition) is 2. The molecule has 0 atom stereocenters. The number of aliphatic carboxylic acids is 1. The number of hydrogen-bond acceptors (Lipinski definition) is 3. The Bertz CT molecular complexity index is 633. The van der Waals surface area contributed by atoms with Crippen LogP contribution in [0.2, 0.25) is 0 Å². The van der Waals surface area contributed by atoms with Gasteiger partial charge in [0.2, 0.25) is 0 Å². The molecule has 0 aliphatic rings. The molecule has 2 rings (SSSR count). The molecule has 4 nitrogen and oxygen atoms in total. The van der Waals surface area contributed by atoms with E-state index in [9.17, 15) is 9.90 Å². The Labute approximate surface area is 124 Å². The number of rotatable bonds is 5. The molecular formula is C17H20N2O2. The molecule has 0 bridgehead atoms. The van der Waals surface area contributed by atoms with Crippen LogP contribution in [-0.2, 0) is 11.3 Å². The summed E-state index contributed by atoms with van der Waals surface area (Å²) in [5.41, 5.74) is 10.8. The number of carbonyl (C=O) groups is 1. The van der Waals surface area contributed by atoms with Gasteiger partial charge in [0.1, 0.15) is 6.54 Å². The van der Waals surface area contributed by atoms with E-state index >= 15 is 0 Å². The molecule has 0 saturated heterocycles. The van der Waals surface area contributed by atoms with Crippen molar-refractivity contribution < 1.29 is 9.90 Å². The van der Waals surface area contributed by atoms with Crippen molar-refractivity contribution in [2.45, 2.75) is 20.4 Å². The van der Waals surface area contributed by atoms with Crippen LogP contribution in [0.3, 0.4) is 0 Å². The summed E-state index contributed by atoms with van der Waals surface area (Å²) in [7, 11) is 0. The fraction of sp³-hybridized carbons (Fsp3) is 0.235. The van der Waals surface area contributed by atoms with Gasteiger partial charge in [0.05, 0.1) is 11.4 Å². The van der Waals surface area contributed by atoms with Crippen LogP contribution < -0.4 is 10.6 Å². The topological polar surface area (TPSA) is 66.6 Å². The fourth-order valence-electron chi connectivity index (χ4n) is 2.45. The lowest BCUT2D eigenvalue weighted by Crippen LogP contribution is -2.30. The third kappa shape index (κ3) is 3.54. The number of nitrogen functional groups attached to an aromatic ring is 1. The summed E-state index contributed by atoms with van der Waals surface area (Å²) in [5.74, 6) is -0.871. The van der Waals surface area contributed by atoms with Crippen molar-refractivity contribution in [2.75, 3.05) is 17.2 Å². The summed E-state index contributed by atoms with van der Waals surface area (Å²) in [4.78, 5) is 13.0. The van der Waals surface area contributed by atoms with Gasteiger partial charge in [0.25, 0.3) is 0 Å². The van der Waals surface area contributed by atoms with Crippen LogP contribution in [0.15, 0.2) is 42.5 Å². The summed E-state index contributed by atoms with van der Waals surface area (Å²) < 4.78 is 0. The maximum Gasteiger partial charge on any atom is 0.323 e. The highest BCUT2D eigenvalue weighted by Crippen LogP contribution is 2.26. The smallest absolute Gasteiger partial charge is 0.323 e. The van der Waals surface area contributed by atoms with E-state index in [0.29, 0.717) is 12.2 Å². The zero-order valence-corrected chi connectivity index (χ0v) is 12.3. The first-order valence-corrected chi connectivity index (χ1v) is 6.85. The molecule has 21 heavy (non-hydrogen) atoms. The van der Waals surface area contributed by atoms with E-state index in [4.69, 9.17) is 5.73 Å². The molecule has 0 spiro atoms. The molecule has 0 heterocycles. The van der Waals surface area contributed by atoms with E-state index in [-0.39, 0.29) is 6.54 Å². The Morgan fingerprint density at radius 3 is 2.29 bits per heavy atom. The zero-order valence-electron chi connectivity index (χ0n) is 12.3. The molecule has 4 heteroatoms. The maximum atomic E-state index is 11.2. The number of benzene rings is 2. The Balaban J connectivity index is 2.38. The minimum Gasteiger partial charge on any atom is -0.480 e. The first kappa shape index (κ1) is 14.9. The molecule has 0 radical (unpaired) electrons. The molecule has 0 unspecified atom stereocenters. The van der Waals surface area contributed by atoms with Gasteiger partial charge in [-0.1, -0.05) is 30.3 Å². The summed E-state index contributed by atoms with van der Waals surface area (Å²) in [6.07, 6.45) is 0. The largest absolute Gasteiger partial charge is 0.480 e. The average Bonchev–Trinajstić information content (AvgIpc) is 2.42. The molecule has 0 aromatic heterocycles. The number of para-hydroxylation sites is 2. The van der Waals surface area contributed by atoms with Gasteiger partial charge in [-0.3, -0.25) is 4.79 Å². The van der Waals surface area contributed by atoms with Gasteiger partial charge < -0.3 is 15.7 Å². The van der Waals surface area contributed by atoms with Crippen molar-refractivity contribution >= 4 is 17.3 Å². The lowest BCUT2D eigenvalue weighted by atomic mass is 10.0. The highest BCUT2D eigenvalue weighted by atomic mass is 16.4. The molecule has 0 aliphatic carbocycles. The normalized spacial score (nSPS) is 10.4. The second-order valence-corrected chi connectivity index (χ2v) is 5.18. The molecule has 0 amide bonds. The quantitative estimate of drug-likeness (QED) is 0.828. The van der Waals surface area contributed by atoms with Crippen LogP contribution in [0, 0.1) is 13.8 Å². The highest BCUT2D eigenvalue weighted by molar-refractivity contribution is 5.77. The van der Waals surface area contributed by atoms with Gasteiger partial charge in [-0.2, -0.15) is 0 Å². The van der Waals surface area contributed by atoms with Crippen molar-refractivity contribution in [3.8, 4) is 0 Å². The van der Waals surface area contributed by atoms with Gasteiger partial charge in [0, 0.05) is 6.54 Å². The van der Waals surface area contributed by atoms with Crippen molar-refractivity contribution in [3.05, 3.63) is 59.2 Å². The van der Waals surface area contributed by atoms with E-state index < -0.39 is 5.97 Å². The van der Waals surface area contributed by atoms with Crippen LogP contribution in [0.4, 0.5) is 11.4 Å². The van der Waals surface area contributed by atoms with Crippen LogP contribution in [0.1, 0.15) is 16.7 Å². The zero-order chi connectivity index (χ0) is 15.4. The SMILES string of the molecule is Cc1cccc(C)c1CN(CC(=O)O)c1ccccc1N. The van der Waals surface area contributed by atoms with Crippen LogP contribution >= 0.6 is 0 Å². The number of carboxylic acid groups (broad SMARTS) is 1. The molecule has 0 fully saturated rings. The van der Waals surface area contributed by atoms with E-state index in [2.05, 4.69) is 0 Å². The number of aryl methyl sites for hydroxylation is 2. The van der Waals surface area contributed by atoms with E-state index in [1.165, 1.54) is 0 Å². The minimum atomic E-state index is -0.871. The lowest BCUT2D eigenvalue weighted by Gasteiger charge is -2.26. The van der Waals surface area contributed by atoms with Crippen molar-refractivity contribution in [1.82, 2.24) is 0 Å². The van der Waals surface area contributed by atoms with E-state index in [0.717, 1.165) is 22.4 Å². The van der Waals surface area contributed by atoms with E-state index in [1.54, 1.807) is 11.0 Å². The first-order valence-electron chi connectivity index (χ1n) is 6.85. The van der Waals surface area contributed by atoms with Crippen molar-refractivity contribution in [3.63, 3.8) is 0 Å². The molecular weight excluding hydrogens is 264 g/mol. The second-order valence-electron chi connectivity index (χ2n) is 5.18. The summed E-state index contributed by atoms with van der Waals surface area (Å²) >= 11 is 0. The van der Waals surface area contributed by atoms with Gasteiger partial charge in [-0.15, -0.1) is 0 Å². The second kappa shape index (κ2) is 6.31. The van der Waals surface area contributed by atoms with Gasteiger partial charge in [-0.05, 0) is 42.7 Å². The summed E-state index contributed by atoms with van der Waals surface area (Å²) in [6.45, 7) is 4.52. The third-order valence-corrected chi connectivity index (χ3v) is 3.60. The summed E-state index contributed by atoms with van der Waals surface area (Å²) in [5, 5.41) is 9.17. The monoisotopic (exact) mass is 284 g/mol. The number of carboxylic acids is 1. The highest BCUT2D eigenvalue weighted by Gasteiger charge is 2.15. The fourth-order valence-corrected chi connectivity index (χ4v) is 2.45. The molecule has 0 saturated carbocycles. The number of nitrogens with zero attached hydrogens (tertiary/aromatic N) is 1. The molecule has 0 aliphatic heterocycles. The number of anilines is 2. The van der Waals surface area contributed by atoms with Gasteiger partial charge >= 0.3 is 5.97 Å². The Morgan fingerprint density at radius 2 is 1.71 bits per heavy atom. The predicted molar refractivity (Wildman–Crippen MR) is 85.5 cm³/mol. The molecule has 3 N–H and O–H groups in total. The van der Waals surface area contributed by atoms with Crippen molar-refractivity contribution in [1.29, 1.82) is 0 Å². The number of nitrogens with two attached hydrogens (primary N) is 1. The molecule has 2 aromatic rings. The standard InChI is InChI=1S/C17H20N2O2/c1-12-6-5-7-13(2)14(12)10-19(11-17(20)21)16-9-4-3-8-15(16)18/h3-9H,10-11,18H2,1-2H3,(H,20,21). The van der Waals surface area contributed by atoms with E-state index in [1.807, 2.05) is 50.2 Å². The van der Waals surface area contributed by atoms with Crippen molar-refractivity contribution in [2.24, 2.45) is 0 Å². The van der Waals surface area contributed by atoms with Gasteiger partial charge in [-0.25, -0.2) is 0 Å². The Morgan fingerprint density at radius 1 is 1.10 bits per heavy atom. The Hall–Kier alpha value is -2.49. The minimum absolute atomic E-state index is 0.0814. The molecule has 110 valence electrons. The Kier molecular flexibility index (Phi) is 4.48. The summed E-state index contributed by atoms with van der Waals surface area (Å²) in [6, 6.07) is 13.4. The average molecular weight is 284 g/mol. The first-order chi connectivity index (χ1) is 9.99. The molecule has 2 aromatic carbocycles. The van der Waals surface area contributed by atoms with Crippen LogP contribution in [0.5, 0.6) is 0 Å². The lowest BCUT2D eigenvalue weighted by molar-refractivity contribution is -0.135. The third-order valence-electron chi connectivity index (χ3n) is 3.60. The van der Waals surface area contributed by atoms with Crippen LogP contribution in [0.25, 0.3) is 0 Å².